The van der Waals surface area contributed by atoms with Gasteiger partial charge in [0.25, 0.3) is 5.56 Å². The zero-order valence-electron chi connectivity index (χ0n) is 13.0. The van der Waals surface area contributed by atoms with Gasteiger partial charge in [-0.25, -0.2) is 9.78 Å². The lowest BCUT2D eigenvalue weighted by molar-refractivity contribution is -0.139. The average Bonchev–Trinajstić information content (AvgIpc) is 2.51. The third-order valence-electron chi connectivity index (χ3n) is 3.43. The summed E-state index contributed by atoms with van der Waals surface area (Å²) in [7, 11) is 4.30. The van der Waals surface area contributed by atoms with Crippen LogP contribution in [0.2, 0.25) is 0 Å². The number of aryl methyl sites for hydroxylation is 2. The average molecular weight is 323 g/mol. The molecular formula is C14H17N3O4S. The molecule has 0 aliphatic heterocycles. The van der Waals surface area contributed by atoms with E-state index >= 15 is 0 Å². The van der Waals surface area contributed by atoms with E-state index in [4.69, 9.17) is 4.74 Å². The maximum atomic E-state index is 12.5. The van der Waals surface area contributed by atoms with Crippen molar-refractivity contribution in [1.82, 2.24) is 14.1 Å². The summed E-state index contributed by atoms with van der Waals surface area (Å²) in [6.07, 6.45) is 1.59. The summed E-state index contributed by atoms with van der Waals surface area (Å²) >= 11 is 1.23. The van der Waals surface area contributed by atoms with Crippen molar-refractivity contribution >= 4 is 28.8 Å². The number of hydrogen-bond acceptors (Lipinski definition) is 6. The number of carbonyl (C=O) groups is 1. The lowest BCUT2D eigenvalue weighted by Gasteiger charge is -2.14. The van der Waals surface area contributed by atoms with Crippen molar-refractivity contribution < 1.29 is 9.53 Å². The topological polar surface area (TPSA) is 83.2 Å². The lowest BCUT2D eigenvalue weighted by atomic mass is 10.2. The molecule has 7 nitrogen and oxygen atoms in total. The van der Waals surface area contributed by atoms with Crippen molar-refractivity contribution in [2.24, 2.45) is 14.1 Å². The van der Waals surface area contributed by atoms with Gasteiger partial charge in [0.2, 0.25) is 0 Å². The maximum Gasteiger partial charge on any atom is 0.332 e. The SMILES string of the molecule is COC(=O)[C@@H](C)Sc1c(C)cnc2c1c(=O)n(C)c(=O)n2C. The second-order valence-corrected chi connectivity index (χ2v) is 6.31. The molecule has 0 aliphatic carbocycles. The molecule has 0 bridgehead atoms. The highest BCUT2D eigenvalue weighted by Gasteiger charge is 2.21. The van der Waals surface area contributed by atoms with E-state index < -0.39 is 16.5 Å². The van der Waals surface area contributed by atoms with Gasteiger partial charge in [-0.2, -0.15) is 0 Å². The van der Waals surface area contributed by atoms with Gasteiger partial charge in [0, 0.05) is 25.2 Å². The minimum Gasteiger partial charge on any atom is -0.468 e. The zero-order chi connectivity index (χ0) is 16.6. The van der Waals surface area contributed by atoms with E-state index in [0.717, 1.165) is 10.1 Å². The Bertz CT molecular complexity index is 869. The molecule has 22 heavy (non-hydrogen) atoms. The first kappa shape index (κ1) is 16.3. The van der Waals surface area contributed by atoms with E-state index in [1.807, 2.05) is 6.92 Å². The first-order chi connectivity index (χ1) is 10.3. The van der Waals surface area contributed by atoms with Crippen molar-refractivity contribution in [2.75, 3.05) is 7.11 Å². The summed E-state index contributed by atoms with van der Waals surface area (Å²) in [4.78, 5) is 40.9. The Labute approximate surface area is 130 Å². The largest absolute Gasteiger partial charge is 0.468 e. The molecule has 8 heteroatoms. The highest BCUT2D eigenvalue weighted by Crippen LogP contribution is 2.31. The van der Waals surface area contributed by atoms with E-state index in [-0.39, 0.29) is 5.97 Å². The Hall–Kier alpha value is -2.09. The van der Waals surface area contributed by atoms with Gasteiger partial charge >= 0.3 is 11.7 Å². The Morgan fingerprint density at radius 2 is 1.95 bits per heavy atom. The molecule has 0 saturated carbocycles. The summed E-state index contributed by atoms with van der Waals surface area (Å²) < 4.78 is 7.08. The third kappa shape index (κ3) is 2.54. The van der Waals surface area contributed by atoms with Gasteiger partial charge in [0.1, 0.15) is 10.9 Å². The molecule has 0 radical (unpaired) electrons. The molecule has 0 unspecified atom stereocenters. The number of methoxy groups -OCH3 is 1. The summed E-state index contributed by atoms with van der Waals surface area (Å²) in [5.74, 6) is -0.379. The first-order valence-corrected chi connectivity index (χ1v) is 7.47. The fraction of sp³-hybridized carbons (Fsp3) is 0.429. The van der Waals surface area contributed by atoms with Crippen molar-refractivity contribution in [2.45, 2.75) is 24.0 Å². The molecule has 118 valence electrons. The second kappa shape index (κ2) is 5.96. The fourth-order valence-corrected chi connectivity index (χ4v) is 3.22. The van der Waals surface area contributed by atoms with Gasteiger partial charge in [-0.15, -0.1) is 11.8 Å². The quantitative estimate of drug-likeness (QED) is 0.607. The van der Waals surface area contributed by atoms with Crippen molar-refractivity contribution in [3.05, 3.63) is 32.6 Å². The zero-order valence-corrected chi connectivity index (χ0v) is 13.9. The van der Waals surface area contributed by atoms with Crippen LogP contribution in [0.5, 0.6) is 0 Å². The number of thioether (sulfide) groups is 1. The number of carbonyl (C=O) groups excluding carboxylic acids is 1. The number of aromatic nitrogens is 3. The minimum atomic E-state index is -0.476. The fourth-order valence-electron chi connectivity index (χ4n) is 2.14. The minimum absolute atomic E-state index is 0.304. The Balaban J connectivity index is 2.79. The van der Waals surface area contributed by atoms with Gasteiger partial charge in [0.15, 0.2) is 0 Å². The number of rotatable bonds is 3. The van der Waals surface area contributed by atoms with E-state index in [0.29, 0.717) is 15.9 Å². The number of nitrogens with zero attached hydrogens (tertiary/aromatic N) is 3. The molecule has 0 spiro atoms. The van der Waals surface area contributed by atoms with Crippen LogP contribution in [0.4, 0.5) is 0 Å². The smallest absolute Gasteiger partial charge is 0.332 e. The molecule has 1 atom stereocenters. The van der Waals surface area contributed by atoms with Gasteiger partial charge < -0.3 is 4.74 Å². The molecule has 2 heterocycles. The summed E-state index contributed by atoms with van der Waals surface area (Å²) in [6.45, 7) is 3.51. The predicted molar refractivity (Wildman–Crippen MR) is 84.3 cm³/mol. The second-order valence-electron chi connectivity index (χ2n) is 4.96. The van der Waals surface area contributed by atoms with Crippen LogP contribution in [-0.2, 0) is 23.6 Å². The highest BCUT2D eigenvalue weighted by atomic mass is 32.2. The molecule has 0 fully saturated rings. The highest BCUT2D eigenvalue weighted by molar-refractivity contribution is 8.00. The van der Waals surface area contributed by atoms with Crippen LogP contribution in [-0.4, -0.2) is 32.4 Å². The molecule has 2 rings (SSSR count). The monoisotopic (exact) mass is 323 g/mol. The van der Waals surface area contributed by atoms with E-state index in [9.17, 15) is 14.4 Å². The lowest BCUT2D eigenvalue weighted by Crippen LogP contribution is -2.37. The number of hydrogen-bond donors (Lipinski definition) is 0. The van der Waals surface area contributed by atoms with Crippen molar-refractivity contribution in [3.8, 4) is 0 Å². The number of esters is 1. The van der Waals surface area contributed by atoms with E-state index in [2.05, 4.69) is 4.98 Å². The van der Waals surface area contributed by atoms with Crippen LogP contribution in [0, 0.1) is 6.92 Å². The Morgan fingerprint density at radius 3 is 2.55 bits per heavy atom. The Kier molecular flexibility index (Phi) is 4.41. The summed E-state index contributed by atoms with van der Waals surface area (Å²) in [5, 5.41) is -0.137. The van der Waals surface area contributed by atoms with E-state index in [1.54, 1.807) is 20.2 Å². The molecule has 0 amide bonds. The van der Waals surface area contributed by atoms with Crippen LogP contribution in [0.15, 0.2) is 20.7 Å². The van der Waals surface area contributed by atoms with Gasteiger partial charge in [-0.1, -0.05) is 0 Å². The van der Waals surface area contributed by atoms with Crippen LogP contribution in [0.25, 0.3) is 11.0 Å². The van der Waals surface area contributed by atoms with Gasteiger partial charge in [0.05, 0.1) is 12.5 Å². The van der Waals surface area contributed by atoms with Gasteiger partial charge in [-0.05, 0) is 19.4 Å². The van der Waals surface area contributed by atoms with Crippen LogP contribution in [0.1, 0.15) is 12.5 Å². The third-order valence-corrected chi connectivity index (χ3v) is 4.73. The summed E-state index contributed by atoms with van der Waals surface area (Å²) in [5.41, 5.74) is 0.210. The molecular weight excluding hydrogens is 306 g/mol. The molecule has 0 N–H and O–H groups in total. The molecule has 0 aromatic carbocycles. The predicted octanol–water partition coefficient (Wildman–Crippen LogP) is 0.594. The normalized spacial score (nSPS) is 12.4. The van der Waals surface area contributed by atoms with Crippen LogP contribution in [0.3, 0.4) is 0 Å². The standard InChI is InChI=1S/C14H17N3O4S/c1-7-6-15-11-9(10(7)22-8(2)13(19)21-5)12(18)17(4)14(20)16(11)3/h6,8H,1-5H3/t8-/m1/s1. The molecule has 2 aromatic heterocycles. The molecule has 0 saturated heterocycles. The van der Waals surface area contributed by atoms with Crippen molar-refractivity contribution in [3.63, 3.8) is 0 Å². The van der Waals surface area contributed by atoms with E-state index in [1.165, 1.54) is 30.5 Å². The molecule has 2 aromatic rings. The molecule has 0 aliphatic rings. The number of pyridine rings is 1. The summed E-state index contributed by atoms with van der Waals surface area (Å²) in [6, 6.07) is 0. The van der Waals surface area contributed by atoms with Gasteiger partial charge in [-0.3, -0.25) is 18.7 Å². The van der Waals surface area contributed by atoms with Crippen LogP contribution >= 0.6 is 11.8 Å². The first-order valence-electron chi connectivity index (χ1n) is 6.59. The van der Waals surface area contributed by atoms with Crippen LogP contribution < -0.4 is 11.2 Å². The Morgan fingerprint density at radius 1 is 1.32 bits per heavy atom. The number of fused-ring (bicyclic) bond motifs is 1. The maximum absolute atomic E-state index is 12.5. The van der Waals surface area contributed by atoms with Crippen molar-refractivity contribution in [1.29, 1.82) is 0 Å². The number of ether oxygens (including phenoxy) is 1.